The molecule has 1 aromatic heterocycles. The predicted octanol–water partition coefficient (Wildman–Crippen LogP) is 1.88. The number of carbonyl (C=O) groups excluding carboxylic acids is 1. The van der Waals surface area contributed by atoms with Gasteiger partial charge in [0.2, 0.25) is 5.91 Å². The molecule has 16 heavy (non-hydrogen) atoms. The van der Waals surface area contributed by atoms with Crippen LogP contribution in [0.4, 0.5) is 0 Å². The molecule has 1 amide bonds. The number of hydrogen-bond donors (Lipinski definition) is 1. The summed E-state index contributed by atoms with van der Waals surface area (Å²) in [7, 11) is 0. The molecule has 1 fully saturated rings. The quantitative estimate of drug-likeness (QED) is 0.837. The molecule has 0 spiro atoms. The van der Waals surface area contributed by atoms with E-state index in [0.29, 0.717) is 5.92 Å². The molecule has 1 unspecified atom stereocenters. The highest BCUT2D eigenvalue weighted by Crippen LogP contribution is 2.37. The predicted molar refractivity (Wildman–Crippen MR) is 69.9 cm³/mol. The summed E-state index contributed by atoms with van der Waals surface area (Å²) in [6.45, 7) is 2.05. The van der Waals surface area contributed by atoms with Crippen LogP contribution in [-0.2, 0) is 11.2 Å². The number of hydrogen-bond acceptors (Lipinski definition) is 2. The molecule has 0 aliphatic heterocycles. The molecule has 0 bridgehead atoms. The average Bonchev–Trinajstić information content (AvgIpc) is 2.97. The van der Waals surface area contributed by atoms with Crippen molar-refractivity contribution in [1.29, 1.82) is 0 Å². The summed E-state index contributed by atoms with van der Waals surface area (Å²) in [5.41, 5.74) is 5.49. The largest absolute Gasteiger partial charge is 0.368 e. The van der Waals surface area contributed by atoms with Crippen LogP contribution in [0.3, 0.4) is 0 Å². The fourth-order valence-electron chi connectivity index (χ4n) is 1.97. The van der Waals surface area contributed by atoms with Crippen molar-refractivity contribution in [2.45, 2.75) is 38.6 Å². The van der Waals surface area contributed by atoms with Gasteiger partial charge in [-0.2, -0.15) is 0 Å². The molecule has 88 valence electrons. The number of nitrogens with two attached hydrogens (primary N) is 1. The van der Waals surface area contributed by atoms with E-state index in [0.717, 1.165) is 22.4 Å². The molecule has 0 aromatic carbocycles. The molecule has 1 aliphatic rings. The van der Waals surface area contributed by atoms with Crippen LogP contribution in [-0.4, -0.2) is 15.5 Å². The van der Waals surface area contributed by atoms with Gasteiger partial charge in [0.1, 0.15) is 15.6 Å². The molecule has 5 heteroatoms. The van der Waals surface area contributed by atoms with Crippen LogP contribution in [0.5, 0.6) is 0 Å². The van der Waals surface area contributed by atoms with Gasteiger partial charge >= 0.3 is 0 Å². The summed E-state index contributed by atoms with van der Waals surface area (Å²) in [6.07, 6.45) is 6.09. The van der Waals surface area contributed by atoms with Gasteiger partial charge in [0, 0.05) is 12.6 Å². The third-order valence-corrected chi connectivity index (χ3v) is 3.53. The number of aromatic nitrogens is 2. The Balaban J connectivity index is 2.25. The molecule has 1 aliphatic carbocycles. The summed E-state index contributed by atoms with van der Waals surface area (Å²) >= 11 is 2.17. The molecular formula is C11H16IN3O. The van der Waals surface area contributed by atoms with Crippen molar-refractivity contribution in [1.82, 2.24) is 9.55 Å². The molecule has 0 saturated heterocycles. The Kier molecular flexibility index (Phi) is 3.51. The topological polar surface area (TPSA) is 60.9 Å². The maximum atomic E-state index is 11.5. The molecule has 1 atom stereocenters. The molecule has 1 aromatic rings. The van der Waals surface area contributed by atoms with Crippen LogP contribution in [0.25, 0.3) is 0 Å². The lowest BCUT2D eigenvalue weighted by Crippen LogP contribution is -2.27. The first kappa shape index (κ1) is 11.9. The highest BCUT2D eigenvalue weighted by atomic mass is 127. The number of imidazole rings is 1. The van der Waals surface area contributed by atoms with E-state index in [1.165, 1.54) is 12.8 Å². The lowest BCUT2D eigenvalue weighted by molar-refractivity contribution is -0.121. The number of rotatable bonds is 5. The second-order valence-corrected chi connectivity index (χ2v) is 5.44. The normalized spacial score (nSPS) is 17.4. The summed E-state index contributed by atoms with van der Waals surface area (Å²) < 4.78 is 2.89. The van der Waals surface area contributed by atoms with Gasteiger partial charge in [0.25, 0.3) is 0 Å². The lowest BCUT2D eigenvalue weighted by Gasteiger charge is -2.16. The third kappa shape index (κ3) is 2.56. The minimum absolute atomic E-state index is 0.210. The van der Waals surface area contributed by atoms with Gasteiger partial charge < -0.3 is 10.3 Å². The molecule has 2 N–H and O–H groups in total. The lowest BCUT2D eigenvalue weighted by atomic mass is 10.1. The minimum atomic E-state index is -0.240. The van der Waals surface area contributed by atoms with Crippen molar-refractivity contribution in [3.63, 3.8) is 0 Å². The van der Waals surface area contributed by atoms with E-state index < -0.39 is 0 Å². The van der Waals surface area contributed by atoms with E-state index in [-0.39, 0.29) is 11.9 Å². The van der Waals surface area contributed by atoms with E-state index in [4.69, 9.17) is 5.73 Å². The van der Waals surface area contributed by atoms with Crippen molar-refractivity contribution < 1.29 is 4.79 Å². The van der Waals surface area contributed by atoms with Crippen LogP contribution in [0, 0.1) is 9.62 Å². The van der Waals surface area contributed by atoms with Crippen molar-refractivity contribution in [2.24, 2.45) is 11.7 Å². The van der Waals surface area contributed by atoms with Crippen molar-refractivity contribution in [3.05, 3.63) is 15.7 Å². The van der Waals surface area contributed by atoms with Gasteiger partial charge in [-0.1, -0.05) is 19.8 Å². The number of aryl methyl sites for hydroxylation is 1. The molecule has 0 radical (unpaired) electrons. The fourth-order valence-corrected chi connectivity index (χ4v) is 2.55. The number of amides is 1. The fraction of sp³-hybridized carbons (Fsp3) is 0.636. The molecule has 1 saturated carbocycles. The van der Waals surface area contributed by atoms with Gasteiger partial charge in [0.05, 0.1) is 0 Å². The van der Waals surface area contributed by atoms with E-state index in [1.807, 2.05) is 17.7 Å². The molecular weight excluding hydrogens is 317 g/mol. The van der Waals surface area contributed by atoms with Gasteiger partial charge in [-0.05, 0) is 34.9 Å². The maximum absolute atomic E-state index is 11.5. The van der Waals surface area contributed by atoms with Crippen LogP contribution in [0.1, 0.15) is 38.1 Å². The first-order valence-electron chi connectivity index (χ1n) is 5.64. The molecule has 2 rings (SSSR count). The molecule has 4 nitrogen and oxygen atoms in total. The zero-order valence-electron chi connectivity index (χ0n) is 9.32. The Hall–Kier alpha value is -0.590. The van der Waals surface area contributed by atoms with Crippen molar-refractivity contribution in [2.75, 3.05) is 0 Å². The summed E-state index contributed by atoms with van der Waals surface area (Å²) in [6, 6.07) is -0.210. The number of primary amides is 1. The second-order valence-electron chi connectivity index (χ2n) is 4.34. The van der Waals surface area contributed by atoms with Crippen LogP contribution >= 0.6 is 22.6 Å². The second kappa shape index (κ2) is 4.73. The van der Waals surface area contributed by atoms with Crippen LogP contribution in [0.15, 0.2) is 6.20 Å². The Morgan fingerprint density at radius 1 is 1.75 bits per heavy atom. The van der Waals surface area contributed by atoms with Crippen molar-refractivity contribution in [3.8, 4) is 0 Å². The number of halogens is 1. The number of nitrogens with zero attached hydrogens (tertiary/aromatic N) is 2. The van der Waals surface area contributed by atoms with Crippen molar-refractivity contribution >= 4 is 28.5 Å². The Morgan fingerprint density at radius 3 is 2.94 bits per heavy atom. The minimum Gasteiger partial charge on any atom is -0.368 e. The smallest absolute Gasteiger partial charge is 0.240 e. The Labute approximate surface area is 109 Å². The Bertz CT molecular complexity index is 398. The van der Waals surface area contributed by atoms with Gasteiger partial charge in [-0.3, -0.25) is 4.79 Å². The maximum Gasteiger partial charge on any atom is 0.240 e. The SMILES string of the molecule is CCc1nc(I)cn1C(CC1CC1)C(N)=O. The number of carbonyl (C=O) groups is 1. The van der Waals surface area contributed by atoms with Crippen LogP contribution in [0.2, 0.25) is 0 Å². The summed E-state index contributed by atoms with van der Waals surface area (Å²) in [5, 5.41) is 0. The third-order valence-electron chi connectivity index (χ3n) is 3.01. The average molecular weight is 333 g/mol. The highest BCUT2D eigenvalue weighted by Gasteiger charge is 2.30. The summed E-state index contributed by atoms with van der Waals surface area (Å²) in [4.78, 5) is 15.9. The highest BCUT2D eigenvalue weighted by molar-refractivity contribution is 14.1. The Morgan fingerprint density at radius 2 is 2.44 bits per heavy atom. The first-order valence-corrected chi connectivity index (χ1v) is 6.72. The van der Waals surface area contributed by atoms with Gasteiger partial charge in [-0.15, -0.1) is 0 Å². The van der Waals surface area contributed by atoms with E-state index >= 15 is 0 Å². The molecule has 1 heterocycles. The summed E-state index contributed by atoms with van der Waals surface area (Å²) in [5.74, 6) is 1.39. The van der Waals surface area contributed by atoms with Gasteiger partial charge in [-0.25, -0.2) is 4.98 Å². The standard InChI is InChI=1S/C11H16IN3O/c1-2-10-14-9(12)6-15(10)8(11(13)16)5-7-3-4-7/h6-8H,2-5H2,1H3,(H2,13,16). The van der Waals surface area contributed by atoms with E-state index in [2.05, 4.69) is 27.6 Å². The van der Waals surface area contributed by atoms with E-state index in [1.54, 1.807) is 0 Å². The van der Waals surface area contributed by atoms with E-state index in [9.17, 15) is 4.79 Å². The van der Waals surface area contributed by atoms with Crippen LogP contribution < -0.4 is 5.73 Å². The zero-order valence-corrected chi connectivity index (χ0v) is 11.5. The zero-order chi connectivity index (χ0) is 11.7. The monoisotopic (exact) mass is 333 g/mol. The van der Waals surface area contributed by atoms with Gasteiger partial charge in [0.15, 0.2) is 0 Å². The first-order chi connectivity index (χ1) is 7.61.